The molecule has 1 amide bonds. The minimum atomic E-state index is -0.943. The van der Waals surface area contributed by atoms with Crippen molar-refractivity contribution in [3.05, 3.63) is 47.8 Å². The maximum absolute atomic E-state index is 13.1. The van der Waals surface area contributed by atoms with Gasteiger partial charge in [0.05, 0.1) is 20.6 Å². The Morgan fingerprint density at radius 1 is 1.26 bits per heavy atom. The number of ether oxygens (including phenoxy) is 2. The van der Waals surface area contributed by atoms with Crippen LogP contribution in [-0.4, -0.2) is 38.1 Å². The number of carbonyl (C=O) groups is 3. The first-order valence-corrected chi connectivity index (χ1v) is 6.82. The van der Waals surface area contributed by atoms with Crippen LogP contribution in [0.15, 0.2) is 36.4 Å². The van der Waals surface area contributed by atoms with E-state index >= 15 is 0 Å². The smallest absolute Gasteiger partial charge is 0.330 e. The second-order valence-corrected chi connectivity index (χ2v) is 4.61. The number of methoxy groups -OCH3 is 2. The van der Waals surface area contributed by atoms with Crippen LogP contribution in [0.1, 0.15) is 12.0 Å². The van der Waals surface area contributed by atoms with Crippen LogP contribution in [0.25, 0.3) is 0 Å². The van der Waals surface area contributed by atoms with Crippen molar-refractivity contribution in [1.29, 1.82) is 0 Å². The molecule has 1 atom stereocenters. The van der Waals surface area contributed by atoms with Gasteiger partial charge in [-0.25, -0.2) is 14.0 Å². The number of hydrogen-bond donors (Lipinski definition) is 1. The van der Waals surface area contributed by atoms with Crippen molar-refractivity contribution in [3.8, 4) is 0 Å². The summed E-state index contributed by atoms with van der Waals surface area (Å²) in [6, 6.07) is 4.67. The van der Waals surface area contributed by atoms with Crippen molar-refractivity contribution in [2.75, 3.05) is 14.2 Å². The molecule has 1 aromatic rings. The van der Waals surface area contributed by atoms with Crippen LogP contribution in [0.5, 0.6) is 0 Å². The zero-order valence-corrected chi connectivity index (χ0v) is 12.9. The van der Waals surface area contributed by atoms with Crippen LogP contribution in [-0.2, 0) is 30.3 Å². The summed E-state index contributed by atoms with van der Waals surface area (Å²) in [4.78, 5) is 34.6. The zero-order valence-electron chi connectivity index (χ0n) is 12.9. The highest BCUT2D eigenvalue weighted by Gasteiger charge is 2.20. The highest BCUT2D eigenvalue weighted by Crippen LogP contribution is 2.05. The molecule has 0 aromatic heterocycles. The van der Waals surface area contributed by atoms with Gasteiger partial charge < -0.3 is 14.8 Å². The SMILES string of the molecule is COC(=O)/C=C/C[C@H](NC(=O)Cc1cccc(F)c1)C(=O)OC. The minimum Gasteiger partial charge on any atom is -0.467 e. The number of carbonyl (C=O) groups excluding carboxylic acids is 3. The van der Waals surface area contributed by atoms with E-state index in [0.29, 0.717) is 5.56 Å². The van der Waals surface area contributed by atoms with Crippen LogP contribution in [0.2, 0.25) is 0 Å². The predicted octanol–water partition coefficient (Wildman–Crippen LogP) is 1.15. The number of benzene rings is 1. The summed E-state index contributed by atoms with van der Waals surface area (Å²) in [6.45, 7) is 0. The fraction of sp³-hybridized carbons (Fsp3) is 0.312. The molecule has 0 aliphatic heterocycles. The van der Waals surface area contributed by atoms with Crippen LogP contribution >= 0.6 is 0 Å². The second-order valence-electron chi connectivity index (χ2n) is 4.61. The quantitative estimate of drug-likeness (QED) is 0.601. The Hall–Kier alpha value is -2.70. The highest BCUT2D eigenvalue weighted by atomic mass is 19.1. The van der Waals surface area contributed by atoms with Gasteiger partial charge in [0.2, 0.25) is 5.91 Å². The number of hydrogen-bond acceptors (Lipinski definition) is 5. The molecule has 0 bridgehead atoms. The molecule has 1 N–H and O–H groups in total. The van der Waals surface area contributed by atoms with Gasteiger partial charge >= 0.3 is 11.9 Å². The van der Waals surface area contributed by atoms with E-state index in [-0.39, 0.29) is 12.8 Å². The van der Waals surface area contributed by atoms with Crippen molar-refractivity contribution in [2.24, 2.45) is 0 Å². The van der Waals surface area contributed by atoms with Gasteiger partial charge in [-0.05, 0) is 24.1 Å². The fourth-order valence-corrected chi connectivity index (χ4v) is 1.80. The molecule has 7 heteroatoms. The summed E-state index contributed by atoms with van der Waals surface area (Å²) in [5, 5.41) is 2.49. The Morgan fingerprint density at radius 3 is 2.61 bits per heavy atom. The number of nitrogens with one attached hydrogen (secondary N) is 1. The number of rotatable bonds is 7. The van der Waals surface area contributed by atoms with E-state index in [1.54, 1.807) is 6.07 Å². The second kappa shape index (κ2) is 9.34. The van der Waals surface area contributed by atoms with E-state index in [9.17, 15) is 18.8 Å². The Labute approximate surface area is 133 Å². The third-order valence-electron chi connectivity index (χ3n) is 2.90. The van der Waals surface area contributed by atoms with Gasteiger partial charge in [-0.3, -0.25) is 4.79 Å². The Kier molecular flexibility index (Phi) is 7.45. The van der Waals surface area contributed by atoms with Gasteiger partial charge in [-0.1, -0.05) is 18.2 Å². The average molecular weight is 323 g/mol. The Bertz CT molecular complexity index is 600. The summed E-state index contributed by atoms with van der Waals surface area (Å²) in [7, 11) is 2.42. The van der Waals surface area contributed by atoms with E-state index < -0.39 is 29.7 Å². The van der Waals surface area contributed by atoms with Crippen molar-refractivity contribution in [2.45, 2.75) is 18.9 Å². The first-order chi connectivity index (χ1) is 11.0. The van der Waals surface area contributed by atoms with Crippen LogP contribution in [0.3, 0.4) is 0 Å². The molecule has 0 radical (unpaired) electrons. The molecular weight excluding hydrogens is 305 g/mol. The standard InChI is InChI=1S/C16H18FNO5/c1-22-15(20)8-4-7-13(16(21)23-2)18-14(19)10-11-5-3-6-12(17)9-11/h3-6,8-9,13H,7,10H2,1-2H3,(H,18,19)/b8-4+/t13-/m0/s1. The fourth-order valence-electron chi connectivity index (χ4n) is 1.80. The first kappa shape index (κ1) is 18.3. The van der Waals surface area contributed by atoms with Crippen LogP contribution in [0.4, 0.5) is 4.39 Å². The van der Waals surface area contributed by atoms with Crippen molar-refractivity contribution in [3.63, 3.8) is 0 Å². The van der Waals surface area contributed by atoms with E-state index in [4.69, 9.17) is 0 Å². The molecule has 0 fully saturated rings. The number of halogens is 1. The molecule has 0 saturated carbocycles. The third kappa shape index (κ3) is 6.73. The Morgan fingerprint density at radius 2 is 2.00 bits per heavy atom. The Balaban J connectivity index is 2.65. The van der Waals surface area contributed by atoms with E-state index in [2.05, 4.69) is 14.8 Å². The van der Waals surface area contributed by atoms with Crippen LogP contribution in [0, 0.1) is 5.82 Å². The predicted molar refractivity (Wildman–Crippen MR) is 79.8 cm³/mol. The molecule has 0 saturated heterocycles. The van der Waals surface area contributed by atoms with Crippen molar-refractivity contribution < 1.29 is 28.2 Å². The summed E-state index contributed by atoms with van der Waals surface area (Å²) < 4.78 is 22.1. The maximum Gasteiger partial charge on any atom is 0.330 e. The summed E-state index contributed by atoms with van der Waals surface area (Å²) in [6.07, 6.45) is 2.53. The van der Waals surface area contributed by atoms with Crippen molar-refractivity contribution >= 4 is 17.8 Å². The summed E-state index contributed by atoms with van der Waals surface area (Å²) >= 11 is 0. The lowest BCUT2D eigenvalue weighted by Crippen LogP contribution is -2.41. The molecule has 0 unspecified atom stereocenters. The topological polar surface area (TPSA) is 81.7 Å². The molecule has 0 aliphatic rings. The van der Waals surface area contributed by atoms with Crippen LogP contribution < -0.4 is 5.32 Å². The van der Waals surface area contributed by atoms with Gasteiger partial charge in [0.15, 0.2) is 0 Å². The molecule has 1 aromatic carbocycles. The normalized spacial score (nSPS) is 11.8. The summed E-state index contributed by atoms with van der Waals surface area (Å²) in [5.74, 6) is -2.12. The molecule has 6 nitrogen and oxygen atoms in total. The molecular formula is C16H18FNO5. The molecule has 0 heterocycles. The number of esters is 2. The highest BCUT2D eigenvalue weighted by molar-refractivity contribution is 5.86. The van der Waals surface area contributed by atoms with E-state index in [1.807, 2.05) is 0 Å². The lowest BCUT2D eigenvalue weighted by molar-refractivity contribution is -0.145. The van der Waals surface area contributed by atoms with Gasteiger partial charge in [0.25, 0.3) is 0 Å². The maximum atomic E-state index is 13.1. The van der Waals surface area contributed by atoms with Gasteiger partial charge in [0, 0.05) is 6.08 Å². The van der Waals surface area contributed by atoms with Gasteiger partial charge in [0.1, 0.15) is 11.9 Å². The van der Waals surface area contributed by atoms with Gasteiger partial charge in [-0.15, -0.1) is 0 Å². The lowest BCUT2D eigenvalue weighted by Gasteiger charge is -2.14. The molecule has 0 aliphatic carbocycles. The largest absolute Gasteiger partial charge is 0.467 e. The molecule has 124 valence electrons. The monoisotopic (exact) mass is 323 g/mol. The van der Waals surface area contributed by atoms with Crippen molar-refractivity contribution in [1.82, 2.24) is 5.32 Å². The third-order valence-corrected chi connectivity index (χ3v) is 2.90. The van der Waals surface area contributed by atoms with E-state index in [1.165, 1.54) is 38.5 Å². The first-order valence-electron chi connectivity index (χ1n) is 6.82. The summed E-state index contributed by atoms with van der Waals surface area (Å²) in [5.41, 5.74) is 0.483. The number of amides is 1. The molecule has 1 rings (SSSR count). The zero-order chi connectivity index (χ0) is 17.2. The molecule has 23 heavy (non-hydrogen) atoms. The molecule has 0 spiro atoms. The van der Waals surface area contributed by atoms with Gasteiger partial charge in [-0.2, -0.15) is 0 Å². The minimum absolute atomic E-state index is 0.0661. The van der Waals surface area contributed by atoms with E-state index in [0.717, 1.165) is 6.08 Å². The average Bonchev–Trinajstić information content (AvgIpc) is 2.52. The lowest BCUT2D eigenvalue weighted by atomic mass is 10.1.